The summed E-state index contributed by atoms with van der Waals surface area (Å²) in [5.74, 6) is 0.704. The van der Waals surface area contributed by atoms with Gasteiger partial charge in [0.25, 0.3) is 5.91 Å². The standard InChI is InChI=1S/C11H13NO4/c1-15-9-5-8(6-10(7-9)16-2)11(14)12-3-4-13/h4-7H,3H2,1-2H3,(H,12,14). The summed E-state index contributed by atoms with van der Waals surface area (Å²) in [5.41, 5.74) is 0.387. The third kappa shape index (κ3) is 2.98. The van der Waals surface area contributed by atoms with Crippen molar-refractivity contribution >= 4 is 12.2 Å². The molecule has 0 fully saturated rings. The largest absolute Gasteiger partial charge is 0.497 e. The fourth-order valence-electron chi connectivity index (χ4n) is 1.17. The maximum Gasteiger partial charge on any atom is 0.251 e. The lowest BCUT2D eigenvalue weighted by atomic mass is 10.2. The van der Waals surface area contributed by atoms with Crippen LogP contribution < -0.4 is 14.8 Å². The van der Waals surface area contributed by atoms with Crippen LogP contribution in [0.2, 0.25) is 0 Å². The predicted molar refractivity (Wildman–Crippen MR) is 57.9 cm³/mol. The minimum absolute atomic E-state index is 0.0155. The zero-order valence-electron chi connectivity index (χ0n) is 9.15. The van der Waals surface area contributed by atoms with Crippen LogP contribution >= 0.6 is 0 Å². The summed E-state index contributed by atoms with van der Waals surface area (Å²) in [6.45, 7) is -0.0155. The van der Waals surface area contributed by atoms with Gasteiger partial charge in [-0.1, -0.05) is 0 Å². The SMILES string of the molecule is COc1cc(OC)cc(C(=O)NCC=O)c1. The van der Waals surface area contributed by atoms with Gasteiger partial charge >= 0.3 is 0 Å². The second kappa shape index (κ2) is 5.75. The van der Waals surface area contributed by atoms with E-state index in [1.54, 1.807) is 18.2 Å². The van der Waals surface area contributed by atoms with E-state index in [9.17, 15) is 9.59 Å². The number of hydrogen-bond donors (Lipinski definition) is 1. The molecular formula is C11H13NO4. The molecule has 0 saturated carbocycles. The fourth-order valence-corrected chi connectivity index (χ4v) is 1.17. The molecule has 0 bridgehead atoms. The number of rotatable bonds is 5. The summed E-state index contributed by atoms with van der Waals surface area (Å²) in [4.78, 5) is 21.7. The zero-order chi connectivity index (χ0) is 12.0. The van der Waals surface area contributed by atoms with Crippen LogP contribution in [0.4, 0.5) is 0 Å². The van der Waals surface area contributed by atoms with E-state index in [1.165, 1.54) is 14.2 Å². The van der Waals surface area contributed by atoms with Crippen molar-refractivity contribution in [3.05, 3.63) is 23.8 Å². The van der Waals surface area contributed by atoms with Crippen molar-refractivity contribution in [2.45, 2.75) is 0 Å². The third-order valence-corrected chi connectivity index (χ3v) is 1.96. The number of nitrogens with one attached hydrogen (secondary N) is 1. The normalized spacial score (nSPS) is 9.38. The number of carbonyl (C=O) groups is 2. The maximum atomic E-state index is 11.6. The topological polar surface area (TPSA) is 64.6 Å². The quantitative estimate of drug-likeness (QED) is 0.744. The molecule has 0 unspecified atom stereocenters. The molecule has 0 aliphatic rings. The average Bonchev–Trinajstić information content (AvgIpc) is 2.35. The van der Waals surface area contributed by atoms with Crippen molar-refractivity contribution in [2.24, 2.45) is 0 Å². The van der Waals surface area contributed by atoms with Crippen LogP contribution in [-0.4, -0.2) is 33.0 Å². The molecule has 0 saturated heterocycles. The molecular weight excluding hydrogens is 210 g/mol. The Morgan fingerprint density at radius 1 is 1.25 bits per heavy atom. The Bertz CT molecular complexity index is 367. The Morgan fingerprint density at radius 2 is 1.81 bits per heavy atom. The van der Waals surface area contributed by atoms with E-state index < -0.39 is 0 Å². The molecule has 0 spiro atoms. The monoisotopic (exact) mass is 223 g/mol. The van der Waals surface area contributed by atoms with Gasteiger partial charge in [0.1, 0.15) is 17.8 Å². The summed E-state index contributed by atoms with van der Waals surface area (Å²) in [6.07, 6.45) is 0.620. The highest BCUT2D eigenvalue weighted by Gasteiger charge is 2.08. The highest BCUT2D eigenvalue weighted by Crippen LogP contribution is 2.22. The van der Waals surface area contributed by atoms with E-state index >= 15 is 0 Å². The van der Waals surface area contributed by atoms with Crippen LogP contribution in [0, 0.1) is 0 Å². The lowest BCUT2D eigenvalue weighted by Crippen LogP contribution is -2.25. The molecule has 16 heavy (non-hydrogen) atoms. The van der Waals surface area contributed by atoms with Crippen molar-refractivity contribution in [1.29, 1.82) is 0 Å². The van der Waals surface area contributed by atoms with E-state index in [0.717, 1.165) is 0 Å². The van der Waals surface area contributed by atoms with Crippen LogP contribution in [-0.2, 0) is 4.79 Å². The van der Waals surface area contributed by atoms with Gasteiger partial charge in [-0.15, -0.1) is 0 Å². The number of benzene rings is 1. The summed E-state index contributed by atoms with van der Waals surface area (Å²) in [7, 11) is 3.00. The minimum Gasteiger partial charge on any atom is -0.497 e. The van der Waals surface area contributed by atoms with Crippen molar-refractivity contribution in [2.75, 3.05) is 20.8 Å². The van der Waals surface area contributed by atoms with Gasteiger partial charge in [0, 0.05) is 11.6 Å². The molecule has 0 aromatic heterocycles. The van der Waals surface area contributed by atoms with Gasteiger partial charge < -0.3 is 19.6 Å². The Labute approximate surface area is 93.4 Å². The number of methoxy groups -OCH3 is 2. The molecule has 0 aliphatic heterocycles. The zero-order valence-corrected chi connectivity index (χ0v) is 9.15. The van der Waals surface area contributed by atoms with E-state index in [1.807, 2.05) is 0 Å². The maximum absolute atomic E-state index is 11.6. The average molecular weight is 223 g/mol. The fraction of sp³-hybridized carbons (Fsp3) is 0.273. The molecule has 86 valence electrons. The van der Waals surface area contributed by atoms with Gasteiger partial charge in [0.15, 0.2) is 0 Å². The number of ether oxygens (including phenoxy) is 2. The minimum atomic E-state index is -0.343. The predicted octanol–water partition coefficient (Wildman–Crippen LogP) is 0.632. The van der Waals surface area contributed by atoms with E-state index in [-0.39, 0.29) is 12.5 Å². The van der Waals surface area contributed by atoms with Gasteiger partial charge in [0.05, 0.1) is 20.8 Å². The molecule has 0 heterocycles. The van der Waals surface area contributed by atoms with E-state index in [0.29, 0.717) is 23.3 Å². The lowest BCUT2D eigenvalue weighted by Gasteiger charge is -2.07. The summed E-state index contributed by atoms with van der Waals surface area (Å²) >= 11 is 0. The molecule has 5 heteroatoms. The molecule has 5 nitrogen and oxygen atoms in total. The Morgan fingerprint density at radius 3 is 2.25 bits per heavy atom. The number of hydrogen-bond acceptors (Lipinski definition) is 4. The first-order chi connectivity index (χ1) is 7.71. The number of amides is 1. The van der Waals surface area contributed by atoms with Crippen LogP contribution in [0.15, 0.2) is 18.2 Å². The summed E-state index contributed by atoms with van der Waals surface area (Å²) < 4.78 is 10.0. The first-order valence-electron chi connectivity index (χ1n) is 4.66. The summed E-state index contributed by atoms with van der Waals surface area (Å²) in [5, 5.41) is 2.43. The second-order valence-corrected chi connectivity index (χ2v) is 2.98. The third-order valence-electron chi connectivity index (χ3n) is 1.96. The first kappa shape index (κ1) is 12.0. The molecule has 1 aromatic rings. The second-order valence-electron chi connectivity index (χ2n) is 2.98. The van der Waals surface area contributed by atoms with Crippen LogP contribution in [0.25, 0.3) is 0 Å². The number of aldehydes is 1. The van der Waals surface area contributed by atoms with Crippen LogP contribution in [0.1, 0.15) is 10.4 Å². The van der Waals surface area contributed by atoms with Gasteiger partial charge in [0.2, 0.25) is 0 Å². The Kier molecular flexibility index (Phi) is 4.32. The molecule has 1 amide bonds. The van der Waals surface area contributed by atoms with Gasteiger partial charge in [-0.2, -0.15) is 0 Å². The molecule has 0 radical (unpaired) electrons. The molecule has 0 atom stereocenters. The number of carbonyl (C=O) groups excluding carboxylic acids is 2. The molecule has 1 aromatic carbocycles. The van der Waals surface area contributed by atoms with Gasteiger partial charge in [-0.05, 0) is 12.1 Å². The first-order valence-corrected chi connectivity index (χ1v) is 4.66. The van der Waals surface area contributed by atoms with Gasteiger partial charge in [-0.3, -0.25) is 4.79 Å². The summed E-state index contributed by atoms with van der Waals surface area (Å²) in [6, 6.07) is 4.81. The Hall–Kier alpha value is -2.04. The molecule has 1 rings (SSSR count). The van der Waals surface area contributed by atoms with Crippen molar-refractivity contribution in [3.8, 4) is 11.5 Å². The van der Waals surface area contributed by atoms with E-state index in [4.69, 9.17) is 9.47 Å². The Balaban J connectivity index is 2.93. The highest BCUT2D eigenvalue weighted by molar-refractivity contribution is 5.95. The molecule has 1 N–H and O–H groups in total. The van der Waals surface area contributed by atoms with Crippen LogP contribution in [0.5, 0.6) is 11.5 Å². The smallest absolute Gasteiger partial charge is 0.251 e. The highest BCUT2D eigenvalue weighted by atomic mass is 16.5. The molecule has 0 aliphatic carbocycles. The van der Waals surface area contributed by atoms with Crippen LogP contribution in [0.3, 0.4) is 0 Å². The van der Waals surface area contributed by atoms with Crippen molar-refractivity contribution < 1.29 is 19.1 Å². The van der Waals surface area contributed by atoms with Crippen molar-refractivity contribution in [3.63, 3.8) is 0 Å². The van der Waals surface area contributed by atoms with E-state index in [2.05, 4.69) is 5.32 Å². The van der Waals surface area contributed by atoms with Crippen molar-refractivity contribution in [1.82, 2.24) is 5.32 Å². The van der Waals surface area contributed by atoms with Gasteiger partial charge in [-0.25, -0.2) is 0 Å². The lowest BCUT2D eigenvalue weighted by molar-refractivity contribution is -0.107.